The molecule has 1 amide bonds. The lowest BCUT2D eigenvalue weighted by molar-refractivity contribution is -0.145. The van der Waals surface area contributed by atoms with Gasteiger partial charge in [-0.25, -0.2) is 0 Å². The Hall–Kier alpha value is -2.04. The Morgan fingerprint density at radius 2 is 2.29 bits per heavy atom. The third-order valence-corrected chi connectivity index (χ3v) is 2.17. The third-order valence-electron chi connectivity index (χ3n) is 2.17. The largest absolute Gasteiger partial charge is 0.468 e. The van der Waals surface area contributed by atoms with E-state index in [1.165, 1.54) is 24.3 Å². The minimum atomic E-state index is -0.438. The molecule has 0 unspecified atom stereocenters. The minimum absolute atomic E-state index is 0.0473. The van der Waals surface area contributed by atoms with Crippen molar-refractivity contribution >= 4 is 18.0 Å². The number of ether oxygens (including phenoxy) is 1. The van der Waals surface area contributed by atoms with E-state index in [2.05, 4.69) is 4.74 Å². The van der Waals surface area contributed by atoms with Crippen LogP contribution in [0.5, 0.6) is 0 Å². The number of esters is 1. The SMILES string of the molecule is CCN(CC(=O)OC)C(=O)/C=C/c1ccco1. The molecule has 0 N–H and O–H groups in total. The van der Waals surface area contributed by atoms with Crippen molar-refractivity contribution in [1.82, 2.24) is 4.90 Å². The van der Waals surface area contributed by atoms with E-state index in [1.807, 2.05) is 0 Å². The van der Waals surface area contributed by atoms with Gasteiger partial charge in [0.25, 0.3) is 0 Å². The molecular formula is C12H15NO4. The first-order valence-corrected chi connectivity index (χ1v) is 5.24. The zero-order chi connectivity index (χ0) is 12.7. The molecule has 92 valence electrons. The van der Waals surface area contributed by atoms with Gasteiger partial charge in [-0.2, -0.15) is 0 Å². The van der Waals surface area contributed by atoms with E-state index in [-0.39, 0.29) is 12.5 Å². The van der Waals surface area contributed by atoms with Crippen LogP contribution < -0.4 is 0 Å². The van der Waals surface area contributed by atoms with Crippen LogP contribution in [0.25, 0.3) is 6.08 Å². The fourth-order valence-corrected chi connectivity index (χ4v) is 1.21. The summed E-state index contributed by atoms with van der Waals surface area (Å²) in [6, 6.07) is 3.47. The van der Waals surface area contributed by atoms with Crippen molar-refractivity contribution in [3.05, 3.63) is 30.2 Å². The molecule has 0 bridgehead atoms. The molecule has 0 fully saturated rings. The molecule has 1 heterocycles. The van der Waals surface area contributed by atoms with Crippen LogP contribution in [0.1, 0.15) is 12.7 Å². The maximum atomic E-state index is 11.7. The standard InChI is InChI=1S/C12H15NO4/c1-3-13(9-12(15)16-2)11(14)7-6-10-5-4-8-17-10/h4-8H,3,9H2,1-2H3/b7-6+. The molecule has 17 heavy (non-hydrogen) atoms. The lowest BCUT2D eigenvalue weighted by atomic mass is 10.3. The van der Waals surface area contributed by atoms with E-state index in [4.69, 9.17) is 4.42 Å². The second-order valence-electron chi connectivity index (χ2n) is 3.28. The lowest BCUT2D eigenvalue weighted by Gasteiger charge is -2.16. The fourth-order valence-electron chi connectivity index (χ4n) is 1.21. The Balaban J connectivity index is 2.57. The number of hydrogen-bond donors (Lipinski definition) is 0. The summed E-state index contributed by atoms with van der Waals surface area (Å²) in [5.41, 5.74) is 0. The first-order valence-electron chi connectivity index (χ1n) is 5.24. The molecule has 0 saturated heterocycles. The number of hydrogen-bond acceptors (Lipinski definition) is 4. The summed E-state index contributed by atoms with van der Waals surface area (Å²) in [5.74, 6) is -0.103. The molecular weight excluding hydrogens is 222 g/mol. The summed E-state index contributed by atoms with van der Waals surface area (Å²) < 4.78 is 9.56. The van der Waals surface area contributed by atoms with Gasteiger partial charge in [-0.3, -0.25) is 9.59 Å². The van der Waals surface area contributed by atoms with Crippen LogP contribution in [-0.4, -0.2) is 37.0 Å². The van der Waals surface area contributed by atoms with Crippen molar-refractivity contribution in [3.63, 3.8) is 0 Å². The molecule has 1 aromatic rings. The summed E-state index contributed by atoms with van der Waals surface area (Å²) in [6.07, 6.45) is 4.45. The molecule has 0 aliphatic heterocycles. The monoisotopic (exact) mass is 237 g/mol. The van der Waals surface area contributed by atoms with Crippen LogP contribution in [0.15, 0.2) is 28.9 Å². The molecule has 0 spiro atoms. The van der Waals surface area contributed by atoms with Crippen LogP contribution in [0, 0.1) is 0 Å². The van der Waals surface area contributed by atoms with Gasteiger partial charge in [0.1, 0.15) is 12.3 Å². The zero-order valence-corrected chi connectivity index (χ0v) is 9.88. The van der Waals surface area contributed by atoms with Crippen LogP contribution in [-0.2, 0) is 14.3 Å². The average molecular weight is 237 g/mol. The van der Waals surface area contributed by atoms with Gasteiger partial charge in [0.15, 0.2) is 0 Å². The number of furan rings is 1. The molecule has 1 aromatic heterocycles. The molecule has 0 aliphatic carbocycles. The van der Waals surface area contributed by atoms with Crippen LogP contribution in [0.4, 0.5) is 0 Å². The van der Waals surface area contributed by atoms with Crippen molar-refractivity contribution in [2.75, 3.05) is 20.2 Å². The zero-order valence-electron chi connectivity index (χ0n) is 9.88. The normalized spacial score (nSPS) is 10.5. The predicted molar refractivity (Wildman–Crippen MR) is 62.0 cm³/mol. The van der Waals surface area contributed by atoms with Gasteiger partial charge in [-0.1, -0.05) is 0 Å². The average Bonchev–Trinajstić information content (AvgIpc) is 2.85. The Labute approximate surface area is 99.7 Å². The van der Waals surface area contributed by atoms with Crippen molar-refractivity contribution in [1.29, 1.82) is 0 Å². The highest BCUT2D eigenvalue weighted by atomic mass is 16.5. The molecule has 5 nitrogen and oxygen atoms in total. The fraction of sp³-hybridized carbons (Fsp3) is 0.333. The highest BCUT2D eigenvalue weighted by Crippen LogP contribution is 2.03. The summed E-state index contributed by atoms with van der Waals surface area (Å²) in [5, 5.41) is 0. The van der Waals surface area contributed by atoms with Gasteiger partial charge in [-0.05, 0) is 25.1 Å². The second-order valence-corrected chi connectivity index (χ2v) is 3.28. The maximum absolute atomic E-state index is 11.7. The molecule has 5 heteroatoms. The molecule has 0 radical (unpaired) electrons. The summed E-state index contributed by atoms with van der Waals surface area (Å²) in [4.78, 5) is 24.2. The van der Waals surface area contributed by atoms with E-state index in [9.17, 15) is 9.59 Å². The van der Waals surface area contributed by atoms with Crippen molar-refractivity contribution in [3.8, 4) is 0 Å². The highest BCUT2D eigenvalue weighted by molar-refractivity contribution is 5.93. The Morgan fingerprint density at radius 1 is 1.53 bits per heavy atom. The second kappa shape index (κ2) is 6.52. The van der Waals surface area contributed by atoms with E-state index in [0.29, 0.717) is 12.3 Å². The van der Waals surface area contributed by atoms with Gasteiger partial charge >= 0.3 is 5.97 Å². The molecule has 1 rings (SSSR count). The van der Waals surface area contributed by atoms with Crippen molar-refractivity contribution < 1.29 is 18.7 Å². The number of nitrogens with zero attached hydrogens (tertiary/aromatic N) is 1. The number of amides is 1. The van der Waals surface area contributed by atoms with Crippen molar-refractivity contribution in [2.24, 2.45) is 0 Å². The van der Waals surface area contributed by atoms with E-state index in [1.54, 1.807) is 25.1 Å². The van der Waals surface area contributed by atoms with E-state index in [0.717, 1.165) is 0 Å². The quantitative estimate of drug-likeness (QED) is 0.572. The van der Waals surface area contributed by atoms with Gasteiger partial charge in [-0.15, -0.1) is 0 Å². The smallest absolute Gasteiger partial charge is 0.325 e. The first-order chi connectivity index (χ1) is 8.17. The molecule has 0 atom stereocenters. The topological polar surface area (TPSA) is 59.8 Å². The van der Waals surface area contributed by atoms with E-state index < -0.39 is 5.97 Å². The number of likely N-dealkylation sites (N-methyl/N-ethyl adjacent to an activating group) is 1. The Morgan fingerprint density at radius 3 is 2.82 bits per heavy atom. The Bertz CT molecular complexity index is 395. The van der Waals surface area contributed by atoms with Gasteiger partial charge in [0.2, 0.25) is 5.91 Å². The molecule has 0 aliphatic rings. The summed E-state index contributed by atoms with van der Waals surface area (Å²) in [6.45, 7) is 2.19. The highest BCUT2D eigenvalue weighted by Gasteiger charge is 2.13. The van der Waals surface area contributed by atoms with Gasteiger partial charge in [0.05, 0.1) is 13.4 Å². The first kappa shape index (κ1) is 13.0. The maximum Gasteiger partial charge on any atom is 0.325 e. The van der Waals surface area contributed by atoms with Crippen LogP contribution >= 0.6 is 0 Å². The predicted octanol–water partition coefficient (Wildman–Crippen LogP) is 1.31. The number of methoxy groups -OCH3 is 1. The number of rotatable bonds is 5. The van der Waals surface area contributed by atoms with Crippen molar-refractivity contribution in [2.45, 2.75) is 6.92 Å². The number of carbonyl (C=O) groups is 2. The van der Waals surface area contributed by atoms with Crippen LogP contribution in [0.2, 0.25) is 0 Å². The molecule has 0 aromatic carbocycles. The number of carbonyl (C=O) groups excluding carboxylic acids is 2. The van der Waals surface area contributed by atoms with E-state index >= 15 is 0 Å². The van der Waals surface area contributed by atoms with Gasteiger partial charge < -0.3 is 14.1 Å². The summed E-state index contributed by atoms with van der Waals surface area (Å²) in [7, 11) is 1.29. The minimum Gasteiger partial charge on any atom is -0.468 e. The molecule has 0 saturated carbocycles. The Kier molecular flexibility index (Phi) is 5.00. The van der Waals surface area contributed by atoms with Crippen LogP contribution in [0.3, 0.4) is 0 Å². The third kappa shape index (κ3) is 4.14. The lowest BCUT2D eigenvalue weighted by Crippen LogP contribution is -2.34. The van der Waals surface area contributed by atoms with Gasteiger partial charge in [0, 0.05) is 12.6 Å². The summed E-state index contributed by atoms with van der Waals surface area (Å²) >= 11 is 0.